The van der Waals surface area contributed by atoms with E-state index in [4.69, 9.17) is 32.9 Å². The number of hydrogen-bond donors (Lipinski definition) is 0. The zero-order valence-electron chi connectivity index (χ0n) is 26.1. The molecule has 2 amide bonds. The van der Waals surface area contributed by atoms with Gasteiger partial charge in [0.25, 0.3) is 0 Å². The molecule has 0 aromatic heterocycles. The van der Waals surface area contributed by atoms with Gasteiger partial charge in [0, 0.05) is 48.4 Å². The first kappa shape index (κ1) is 35.3. The minimum absolute atomic E-state index is 0.0211. The van der Waals surface area contributed by atoms with E-state index < -0.39 is 33.7 Å². The molecule has 0 saturated carbocycles. The zero-order valence-corrected chi connectivity index (χ0v) is 28.4. The van der Waals surface area contributed by atoms with Crippen molar-refractivity contribution in [1.29, 1.82) is 0 Å². The van der Waals surface area contributed by atoms with E-state index in [9.17, 15) is 26.4 Å². The first-order valence-electron chi connectivity index (χ1n) is 15.4. The van der Waals surface area contributed by atoms with Crippen molar-refractivity contribution in [3.05, 3.63) is 87.4 Å². The highest BCUT2D eigenvalue weighted by atomic mass is 35.5. The topological polar surface area (TPSA) is 82.5 Å². The highest BCUT2D eigenvalue weighted by Crippen LogP contribution is 2.43. The summed E-state index contributed by atoms with van der Waals surface area (Å²) >= 11 is 12.5. The third-order valence-corrected chi connectivity index (χ3v) is 10.1. The summed E-state index contributed by atoms with van der Waals surface area (Å²) in [5.41, 5.74) is 0.182. The molecule has 1 unspecified atom stereocenters. The number of benzene rings is 2. The molecule has 1 aliphatic carbocycles. The van der Waals surface area contributed by atoms with Crippen molar-refractivity contribution in [2.24, 2.45) is 10.9 Å². The molecule has 14 heteroatoms. The van der Waals surface area contributed by atoms with Crippen molar-refractivity contribution in [1.82, 2.24) is 14.7 Å². The molecule has 5 rings (SSSR count). The van der Waals surface area contributed by atoms with E-state index in [1.807, 2.05) is 24.3 Å². The van der Waals surface area contributed by atoms with Gasteiger partial charge in [0.05, 0.1) is 35.6 Å². The molecule has 2 aliphatic heterocycles. The largest absolute Gasteiger partial charge is 0.493 e. The molecule has 8 nitrogen and oxygen atoms in total. The summed E-state index contributed by atoms with van der Waals surface area (Å²) in [6.07, 6.45) is 3.31. The fourth-order valence-electron chi connectivity index (χ4n) is 6.19. The van der Waals surface area contributed by atoms with E-state index in [1.54, 1.807) is 34.9 Å². The van der Waals surface area contributed by atoms with Crippen LogP contribution in [-0.2, 0) is 16.0 Å². The van der Waals surface area contributed by atoms with Gasteiger partial charge >= 0.3 is 12.2 Å². The van der Waals surface area contributed by atoms with E-state index in [1.165, 1.54) is 12.3 Å². The number of halogens is 5. The predicted molar refractivity (Wildman–Crippen MR) is 178 cm³/mol. The number of sulfone groups is 1. The van der Waals surface area contributed by atoms with Gasteiger partial charge in [-0.1, -0.05) is 47.5 Å². The molecule has 3 atom stereocenters. The summed E-state index contributed by atoms with van der Waals surface area (Å²) < 4.78 is 70.2. The lowest BCUT2D eigenvalue weighted by Gasteiger charge is -2.39. The van der Waals surface area contributed by atoms with Crippen LogP contribution in [0.5, 0.6) is 5.75 Å². The summed E-state index contributed by atoms with van der Waals surface area (Å²) in [6, 6.07) is 8.95. The third kappa shape index (κ3) is 8.51. The highest BCUT2D eigenvalue weighted by Gasteiger charge is 2.47. The van der Waals surface area contributed by atoms with Crippen molar-refractivity contribution in [2.75, 3.05) is 51.3 Å². The minimum atomic E-state index is -4.59. The molecule has 47 heavy (non-hydrogen) atoms. The Morgan fingerprint density at radius 3 is 2.36 bits per heavy atom. The van der Waals surface area contributed by atoms with Gasteiger partial charge in [0.2, 0.25) is 0 Å². The van der Waals surface area contributed by atoms with Gasteiger partial charge in [-0.3, -0.25) is 14.8 Å². The maximum atomic E-state index is 14.6. The lowest BCUT2D eigenvalue weighted by Crippen LogP contribution is -2.54. The molecule has 254 valence electrons. The van der Waals surface area contributed by atoms with E-state index in [0.29, 0.717) is 55.6 Å². The SMILES string of the molecule is CCOc1cc(C(F)(F)F)ccc1C1=N[C@@H](C2C=CC(Cl)=CC2)[C@@H](c2ccc(Cl)cc2)N1C(=O)N1CCN(CCCS(C)(=O)=O)CC1. The van der Waals surface area contributed by atoms with Crippen LogP contribution in [-0.4, -0.2) is 92.4 Å². The number of ether oxygens (including phenoxy) is 1. The second-order valence-electron chi connectivity index (χ2n) is 11.9. The Hall–Kier alpha value is -3.06. The summed E-state index contributed by atoms with van der Waals surface area (Å²) in [4.78, 5) is 25.2. The third-order valence-electron chi connectivity index (χ3n) is 8.53. The first-order valence-corrected chi connectivity index (χ1v) is 18.3. The Morgan fingerprint density at radius 1 is 1.06 bits per heavy atom. The van der Waals surface area contributed by atoms with Gasteiger partial charge in [-0.25, -0.2) is 13.2 Å². The Labute approximate surface area is 283 Å². The van der Waals surface area contributed by atoms with Crippen molar-refractivity contribution in [3.63, 3.8) is 0 Å². The van der Waals surface area contributed by atoms with Gasteiger partial charge < -0.3 is 9.64 Å². The maximum absolute atomic E-state index is 14.6. The monoisotopic (exact) mass is 712 g/mol. The number of piperazine rings is 1. The normalized spacial score (nSPS) is 22.3. The summed E-state index contributed by atoms with van der Waals surface area (Å²) in [7, 11) is -3.07. The zero-order chi connectivity index (χ0) is 33.9. The quantitative estimate of drug-likeness (QED) is 0.286. The lowest BCUT2D eigenvalue weighted by molar-refractivity contribution is -0.137. The molecular weight excluding hydrogens is 676 g/mol. The van der Waals surface area contributed by atoms with Gasteiger partial charge in [0.1, 0.15) is 21.4 Å². The minimum Gasteiger partial charge on any atom is -0.493 e. The van der Waals surface area contributed by atoms with Gasteiger partial charge in [-0.15, -0.1) is 0 Å². The standard InChI is InChI=1S/C33H37Cl2F3N4O4S/c1-3-46-28-21-24(33(36,37)38)9-14-27(28)31-39-29(22-5-10-25(34)11-6-22)30(23-7-12-26(35)13-8-23)42(31)32(43)41-18-16-40(17-19-41)15-4-20-47(2,44)45/h5,7-14,21-22,29-30H,3-4,6,15-20H2,1-2H3/t22?,29-,30+/m0/s1. The summed E-state index contributed by atoms with van der Waals surface area (Å²) in [6.45, 7) is 4.23. The van der Waals surface area contributed by atoms with Crippen LogP contribution in [0.15, 0.2) is 70.7 Å². The molecular formula is C33H37Cl2F3N4O4S. The van der Waals surface area contributed by atoms with Crippen LogP contribution in [0.25, 0.3) is 0 Å². The average Bonchev–Trinajstić information content (AvgIpc) is 3.41. The van der Waals surface area contributed by atoms with Crippen LogP contribution in [0.4, 0.5) is 18.0 Å². The van der Waals surface area contributed by atoms with Crippen LogP contribution in [0.2, 0.25) is 5.02 Å². The Bertz CT molecular complexity index is 1660. The predicted octanol–water partition coefficient (Wildman–Crippen LogP) is 6.80. The fourth-order valence-corrected chi connectivity index (χ4v) is 7.13. The number of hydrogen-bond acceptors (Lipinski definition) is 6. The van der Waals surface area contributed by atoms with Gasteiger partial charge in [-0.2, -0.15) is 13.2 Å². The Balaban J connectivity index is 1.54. The van der Waals surface area contributed by atoms with Crippen LogP contribution in [0.3, 0.4) is 0 Å². The van der Waals surface area contributed by atoms with Crippen molar-refractivity contribution in [2.45, 2.75) is 38.0 Å². The molecule has 0 bridgehead atoms. The highest BCUT2D eigenvalue weighted by molar-refractivity contribution is 7.90. The van der Waals surface area contributed by atoms with Crippen LogP contribution in [0, 0.1) is 5.92 Å². The molecule has 2 aromatic rings. The molecule has 2 heterocycles. The number of rotatable bonds is 9. The molecule has 3 aliphatic rings. The number of allylic oxidation sites excluding steroid dienone is 3. The lowest BCUT2D eigenvalue weighted by atomic mass is 9.85. The van der Waals surface area contributed by atoms with Crippen molar-refractivity contribution in [3.8, 4) is 5.75 Å². The first-order chi connectivity index (χ1) is 22.2. The number of nitrogens with zero attached hydrogens (tertiary/aromatic N) is 4. The molecule has 1 saturated heterocycles. The van der Waals surface area contributed by atoms with Crippen molar-refractivity contribution < 1.29 is 31.1 Å². The molecule has 0 N–H and O–H groups in total. The fraction of sp³-hybridized carbons (Fsp3) is 0.455. The van der Waals surface area contributed by atoms with E-state index in [2.05, 4.69) is 4.90 Å². The second kappa shape index (κ2) is 14.6. The smallest absolute Gasteiger partial charge is 0.416 e. The second-order valence-corrected chi connectivity index (χ2v) is 15.0. The van der Waals surface area contributed by atoms with Gasteiger partial charge in [-0.05, 0) is 68.3 Å². The van der Waals surface area contributed by atoms with E-state index in [-0.39, 0.29) is 41.5 Å². The average molecular weight is 714 g/mol. The van der Waals surface area contributed by atoms with Gasteiger partial charge in [0.15, 0.2) is 0 Å². The van der Waals surface area contributed by atoms with Crippen LogP contribution in [0.1, 0.15) is 42.5 Å². The van der Waals surface area contributed by atoms with E-state index in [0.717, 1.165) is 17.7 Å². The molecule has 0 spiro atoms. The Kier molecular flexibility index (Phi) is 10.9. The number of aliphatic imine (C=N–C) groups is 1. The molecule has 2 aromatic carbocycles. The number of carbonyl (C=O) groups excluding carboxylic acids is 1. The van der Waals surface area contributed by atoms with Crippen LogP contribution < -0.4 is 4.74 Å². The number of alkyl halides is 3. The molecule has 0 radical (unpaired) electrons. The van der Waals surface area contributed by atoms with E-state index >= 15 is 0 Å². The number of amides is 2. The summed E-state index contributed by atoms with van der Waals surface area (Å²) in [5.74, 6) is 0.131. The molecule has 1 fully saturated rings. The number of amidine groups is 1. The summed E-state index contributed by atoms with van der Waals surface area (Å²) in [5, 5.41) is 1.11. The Morgan fingerprint density at radius 2 is 1.77 bits per heavy atom. The van der Waals surface area contributed by atoms with Crippen molar-refractivity contribution >= 4 is 44.9 Å². The maximum Gasteiger partial charge on any atom is 0.416 e. The number of urea groups is 1. The van der Waals surface area contributed by atoms with Crippen LogP contribution >= 0.6 is 23.2 Å². The number of carbonyl (C=O) groups is 1.